The molecule has 30 heavy (non-hydrogen) atoms. The monoisotopic (exact) mass is 411 g/mol. The lowest BCUT2D eigenvalue weighted by molar-refractivity contribution is -0.135. The summed E-state index contributed by atoms with van der Waals surface area (Å²) in [5.41, 5.74) is 0.148. The van der Waals surface area contributed by atoms with Gasteiger partial charge in [-0.25, -0.2) is 9.18 Å². The van der Waals surface area contributed by atoms with Crippen LogP contribution in [0.15, 0.2) is 54.6 Å². The number of amides is 4. The van der Waals surface area contributed by atoms with Crippen molar-refractivity contribution in [3.05, 3.63) is 71.5 Å². The van der Waals surface area contributed by atoms with E-state index in [-0.39, 0.29) is 12.6 Å². The lowest BCUT2D eigenvalue weighted by atomic mass is 9.85. The molecule has 3 rings (SSSR count). The summed E-state index contributed by atoms with van der Waals surface area (Å²) in [6, 6.07) is 14.1. The first-order chi connectivity index (χ1) is 14.4. The van der Waals surface area contributed by atoms with Crippen LogP contribution in [0, 0.1) is 5.82 Å². The van der Waals surface area contributed by atoms with Crippen molar-refractivity contribution in [3.63, 3.8) is 0 Å². The number of rotatable bonds is 8. The van der Waals surface area contributed by atoms with Crippen LogP contribution < -0.4 is 10.6 Å². The lowest BCUT2D eigenvalue weighted by Crippen LogP contribution is -2.45. The highest BCUT2D eigenvalue weighted by atomic mass is 19.1. The minimum absolute atomic E-state index is 0.263. The number of hydrogen-bond donors (Lipinski definition) is 2. The first-order valence-corrected chi connectivity index (χ1v) is 10.1. The first kappa shape index (κ1) is 21.5. The quantitative estimate of drug-likeness (QED) is 0.651. The topological polar surface area (TPSA) is 78.5 Å². The molecule has 1 fully saturated rings. The Hall–Kier alpha value is -3.22. The molecule has 2 N–H and O–H groups in total. The van der Waals surface area contributed by atoms with Crippen LogP contribution in [0.3, 0.4) is 0 Å². The van der Waals surface area contributed by atoms with Crippen LogP contribution in [-0.4, -0.2) is 29.3 Å². The van der Waals surface area contributed by atoms with E-state index in [1.165, 1.54) is 24.3 Å². The second-order valence-corrected chi connectivity index (χ2v) is 7.54. The minimum Gasteiger partial charge on any atom is -0.348 e. The maximum atomic E-state index is 13.4. The largest absolute Gasteiger partial charge is 0.348 e. The highest BCUT2D eigenvalue weighted by molar-refractivity contribution is 6.09. The molecule has 0 bridgehead atoms. The zero-order valence-corrected chi connectivity index (χ0v) is 17.2. The molecule has 158 valence electrons. The molecular formula is C23H26FN3O3. The van der Waals surface area contributed by atoms with E-state index in [9.17, 15) is 18.8 Å². The smallest absolute Gasteiger partial charge is 0.325 e. The molecule has 7 heteroatoms. The number of urea groups is 1. The summed E-state index contributed by atoms with van der Waals surface area (Å²) in [6.07, 6.45) is 1.88. The number of halogens is 1. The molecule has 4 amide bonds. The van der Waals surface area contributed by atoms with Crippen LogP contribution in [0.1, 0.15) is 50.3 Å². The Morgan fingerprint density at radius 3 is 2.43 bits per heavy atom. The Labute approximate surface area is 175 Å². The molecule has 2 aromatic carbocycles. The van der Waals surface area contributed by atoms with Crippen LogP contribution in [0.5, 0.6) is 0 Å². The minimum atomic E-state index is -1.29. The van der Waals surface area contributed by atoms with Crippen LogP contribution in [-0.2, 0) is 15.1 Å². The number of imide groups is 1. The van der Waals surface area contributed by atoms with Crippen molar-refractivity contribution in [2.75, 3.05) is 6.54 Å². The fourth-order valence-corrected chi connectivity index (χ4v) is 3.71. The highest BCUT2D eigenvalue weighted by Crippen LogP contribution is 2.34. The third-order valence-electron chi connectivity index (χ3n) is 5.40. The van der Waals surface area contributed by atoms with Gasteiger partial charge in [0.15, 0.2) is 0 Å². The van der Waals surface area contributed by atoms with Gasteiger partial charge in [-0.2, -0.15) is 0 Å². The molecule has 1 aliphatic heterocycles. The van der Waals surface area contributed by atoms with Gasteiger partial charge in [-0.1, -0.05) is 62.2 Å². The second kappa shape index (κ2) is 9.07. The Morgan fingerprint density at radius 1 is 1.13 bits per heavy atom. The molecule has 0 spiro atoms. The number of hydrogen-bond acceptors (Lipinski definition) is 3. The average molecular weight is 411 g/mol. The summed E-state index contributed by atoms with van der Waals surface area (Å²) in [7, 11) is 0. The highest BCUT2D eigenvalue weighted by Gasteiger charge is 2.52. The molecule has 2 aromatic rings. The van der Waals surface area contributed by atoms with Gasteiger partial charge >= 0.3 is 6.03 Å². The van der Waals surface area contributed by atoms with Gasteiger partial charge in [-0.3, -0.25) is 14.5 Å². The van der Waals surface area contributed by atoms with Crippen LogP contribution in [0.2, 0.25) is 0 Å². The third kappa shape index (κ3) is 4.35. The fourth-order valence-electron chi connectivity index (χ4n) is 3.71. The van der Waals surface area contributed by atoms with Gasteiger partial charge in [0.25, 0.3) is 5.91 Å². The van der Waals surface area contributed by atoms with Gasteiger partial charge in [-0.15, -0.1) is 0 Å². The Morgan fingerprint density at radius 2 is 1.80 bits per heavy atom. The number of nitrogens with zero attached hydrogens (tertiary/aromatic N) is 1. The number of carbonyl (C=O) groups is 3. The van der Waals surface area contributed by atoms with E-state index in [4.69, 9.17) is 0 Å². The lowest BCUT2D eigenvalue weighted by Gasteiger charge is -2.27. The zero-order valence-electron chi connectivity index (χ0n) is 17.2. The molecule has 0 unspecified atom stereocenters. The van der Waals surface area contributed by atoms with Gasteiger partial charge in [0.05, 0.1) is 6.04 Å². The molecule has 0 aliphatic carbocycles. The molecule has 6 nitrogen and oxygen atoms in total. The maximum Gasteiger partial charge on any atom is 0.325 e. The molecule has 2 atom stereocenters. The van der Waals surface area contributed by atoms with Crippen LogP contribution in [0.25, 0.3) is 0 Å². The molecular weight excluding hydrogens is 385 g/mol. The second-order valence-electron chi connectivity index (χ2n) is 7.54. The number of carbonyl (C=O) groups excluding carboxylic acids is 3. The van der Waals surface area contributed by atoms with Crippen LogP contribution >= 0.6 is 0 Å². The van der Waals surface area contributed by atoms with Crippen LogP contribution in [0.4, 0.5) is 9.18 Å². The Bertz CT molecular complexity index is 917. The molecule has 1 saturated heterocycles. The molecule has 1 heterocycles. The van der Waals surface area contributed by atoms with E-state index in [2.05, 4.69) is 10.6 Å². The Kier molecular flexibility index (Phi) is 6.50. The molecule has 0 aromatic heterocycles. The van der Waals surface area contributed by atoms with Gasteiger partial charge in [-0.05, 0) is 36.6 Å². The van der Waals surface area contributed by atoms with E-state index in [1.807, 2.05) is 44.2 Å². The van der Waals surface area contributed by atoms with Crippen molar-refractivity contribution in [1.29, 1.82) is 0 Å². The van der Waals surface area contributed by atoms with Gasteiger partial charge in [0.2, 0.25) is 5.91 Å². The number of benzene rings is 2. The van der Waals surface area contributed by atoms with E-state index in [1.54, 1.807) is 0 Å². The third-order valence-corrected chi connectivity index (χ3v) is 5.40. The van der Waals surface area contributed by atoms with Gasteiger partial charge < -0.3 is 10.6 Å². The van der Waals surface area contributed by atoms with Crippen molar-refractivity contribution in [1.82, 2.24) is 15.5 Å². The fraction of sp³-hybridized carbons (Fsp3) is 0.348. The normalized spacial score (nSPS) is 19.5. The van der Waals surface area contributed by atoms with E-state index in [0.717, 1.165) is 16.9 Å². The summed E-state index contributed by atoms with van der Waals surface area (Å²) >= 11 is 0. The van der Waals surface area contributed by atoms with E-state index in [0.29, 0.717) is 18.4 Å². The molecule has 0 saturated carbocycles. The standard InChI is InChI=1S/C23H26FN3O3/c1-3-4-14-23(18-10-12-19(24)13-11-18)21(29)27(22(30)26-23)15-20(28)25-16(2)17-8-6-5-7-9-17/h5-13,16H,3-4,14-15H2,1-2H3,(H,25,28)(H,26,30)/t16-,23+/m0/s1. The first-order valence-electron chi connectivity index (χ1n) is 10.1. The van der Waals surface area contributed by atoms with Crippen molar-refractivity contribution in [2.24, 2.45) is 0 Å². The predicted octanol–water partition coefficient (Wildman–Crippen LogP) is 3.64. The van der Waals surface area contributed by atoms with Gasteiger partial charge in [0, 0.05) is 0 Å². The van der Waals surface area contributed by atoms with Crippen molar-refractivity contribution < 1.29 is 18.8 Å². The number of nitrogens with one attached hydrogen (secondary N) is 2. The molecule has 0 radical (unpaired) electrons. The van der Waals surface area contributed by atoms with E-state index < -0.39 is 29.2 Å². The predicted molar refractivity (Wildman–Crippen MR) is 111 cm³/mol. The summed E-state index contributed by atoms with van der Waals surface area (Å²) in [6.45, 7) is 3.44. The van der Waals surface area contributed by atoms with Crippen molar-refractivity contribution in [2.45, 2.75) is 44.7 Å². The van der Waals surface area contributed by atoms with Crippen molar-refractivity contribution >= 4 is 17.8 Å². The Balaban J connectivity index is 1.77. The van der Waals surface area contributed by atoms with E-state index >= 15 is 0 Å². The summed E-state index contributed by atoms with van der Waals surface area (Å²) < 4.78 is 13.4. The van der Waals surface area contributed by atoms with Gasteiger partial charge in [0.1, 0.15) is 17.9 Å². The van der Waals surface area contributed by atoms with Crippen molar-refractivity contribution in [3.8, 4) is 0 Å². The summed E-state index contributed by atoms with van der Waals surface area (Å²) in [5.74, 6) is -1.34. The summed E-state index contributed by atoms with van der Waals surface area (Å²) in [5, 5.41) is 5.58. The summed E-state index contributed by atoms with van der Waals surface area (Å²) in [4.78, 5) is 39.4. The zero-order chi connectivity index (χ0) is 21.7. The number of unbranched alkanes of at least 4 members (excludes halogenated alkanes) is 1. The maximum absolute atomic E-state index is 13.4. The molecule has 1 aliphatic rings. The SMILES string of the molecule is CCCC[C@]1(c2ccc(F)cc2)NC(=O)N(CC(=O)N[C@@H](C)c2ccccc2)C1=O. The average Bonchev–Trinajstić information content (AvgIpc) is 2.98.